The predicted molar refractivity (Wildman–Crippen MR) is 100 cm³/mol. The van der Waals surface area contributed by atoms with Crippen molar-refractivity contribution in [3.05, 3.63) is 59.0 Å². The molecule has 0 bridgehead atoms. The number of furan rings is 1. The van der Waals surface area contributed by atoms with Gasteiger partial charge in [-0.25, -0.2) is 0 Å². The monoisotopic (exact) mass is 342 g/mol. The van der Waals surface area contributed by atoms with Gasteiger partial charge in [0.1, 0.15) is 17.1 Å². The molecule has 1 aromatic carbocycles. The summed E-state index contributed by atoms with van der Waals surface area (Å²) in [5, 5.41) is 14.4. The Morgan fingerprint density at radius 3 is 2.48 bits per heavy atom. The van der Waals surface area contributed by atoms with Gasteiger partial charge >= 0.3 is 0 Å². The quantitative estimate of drug-likeness (QED) is 0.845. The van der Waals surface area contributed by atoms with Crippen LogP contribution < -0.4 is 5.32 Å². The summed E-state index contributed by atoms with van der Waals surface area (Å²) in [5.41, 5.74) is 1.37. The normalized spacial score (nSPS) is 19.0. The smallest absolute Gasteiger partial charge is 0.107 e. The molecule has 0 amide bonds. The van der Waals surface area contributed by atoms with E-state index in [1.54, 1.807) is 0 Å². The second-order valence-corrected chi connectivity index (χ2v) is 7.52. The first-order chi connectivity index (χ1) is 11.9. The van der Waals surface area contributed by atoms with Gasteiger partial charge in [-0.1, -0.05) is 30.3 Å². The van der Waals surface area contributed by atoms with Crippen molar-refractivity contribution in [3.8, 4) is 0 Å². The third-order valence-electron chi connectivity index (χ3n) is 5.19. The van der Waals surface area contributed by atoms with E-state index in [-0.39, 0.29) is 0 Å². The molecule has 1 aliphatic heterocycles. The van der Waals surface area contributed by atoms with Gasteiger partial charge in [0.2, 0.25) is 0 Å². The lowest BCUT2D eigenvalue weighted by Crippen LogP contribution is -2.46. The molecule has 136 valence electrons. The Labute approximate surface area is 150 Å². The molecule has 0 saturated carbocycles. The molecule has 1 aliphatic rings. The van der Waals surface area contributed by atoms with E-state index >= 15 is 0 Å². The number of piperidine rings is 1. The lowest BCUT2D eigenvalue weighted by Gasteiger charge is -2.34. The molecule has 2 heterocycles. The third kappa shape index (κ3) is 4.72. The molecule has 1 saturated heterocycles. The number of rotatable bonds is 6. The summed E-state index contributed by atoms with van der Waals surface area (Å²) in [5.74, 6) is 1.66. The molecule has 4 heteroatoms. The minimum Gasteiger partial charge on any atom is -0.466 e. The Morgan fingerprint density at radius 1 is 1.20 bits per heavy atom. The van der Waals surface area contributed by atoms with Gasteiger partial charge in [-0.3, -0.25) is 4.90 Å². The van der Waals surface area contributed by atoms with Gasteiger partial charge in [0, 0.05) is 24.7 Å². The maximum absolute atomic E-state index is 10.8. The highest BCUT2D eigenvalue weighted by Gasteiger charge is 2.29. The molecular formula is C21H30N2O2. The number of hydrogen-bond donors (Lipinski definition) is 2. The molecule has 25 heavy (non-hydrogen) atoms. The van der Waals surface area contributed by atoms with Gasteiger partial charge in [-0.2, -0.15) is 0 Å². The van der Waals surface area contributed by atoms with Gasteiger partial charge in [0.05, 0.1) is 0 Å². The molecule has 4 nitrogen and oxygen atoms in total. The Kier molecular flexibility index (Phi) is 5.62. The van der Waals surface area contributed by atoms with Crippen LogP contribution in [0.3, 0.4) is 0 Å². The van der Waals surface area contributed by atoms with Gasteiger partial charge in [0.15, 0.2) is 0 Å². The Hall–Kier alpha value is -1.62. The average Bonchev–Trinajstić information content (AvgIpc) is 2.95. The first-order valence-electron chi connectivity index (χ1n) is 9.23. The fourth-order valence-corrected chi connectivity index (χ4v) is 3.74. The van der Waals surface area contributed by atoms with Gasteiger partial charge < -0.3 is 14.8 Å². The Morgan fingerprint density at radius 2 is 1.88 bits per heavy atom. The van der Waals surface area contributed by atoms with Crippen LogP contribution in [0.15, 0.2) is 40.8 Å². The van der Waals surface area contributed by atoms with Crippen molar-refractivity contribution in [1.29, 1.82) is 0 Å². The van der Waals surface area contributed by atoms with Crippen molar-refractivity contribution in [1.82, 2.24) is 10.2 Å². The topological polar surface area (TPSA) is 48.6 Å². The molecule has 3 rings (SSSR count). The maximum Gasteiger partial charge on any atom is 0.107 e. The summed E-state index contributed by atoms with van der Waals surface area (Å²) >= 11 is 0. The number of aliphatic hydroxyl groups is 1. The zero-order chi connectivity index (χ0) is 17.9. The van der Waals surface area contributed by atoms with E-state index < -0.39 is 5.60 Å². The van der Waals surface area contributed by atoms with Crippen LogP contribution in [0.5, 0.6) is 0 Å². The van der Waals surface area contributed by atoms with Gasteiger partial charge in [-0.05, 0) is 58.3 Å². The number of nitrogens with zero attached hydrogens (tertiary/aromatic N) is 1. The fraction of sp³-hybridized carbons (Fsp3) is 0.524. The zero-order valence-electron chi connectivity index (χ0n) is 15.6. The molecular weight excluding hydrogens is 312 g/mol. The van der Waals surface area contributed by atoms with Crippen molar-refractivity contribution in [2.24, 2.45) is 0 Å². The first kappa shape index (κ1) is 18.2. The van der Waals surface area contributed by atoms with E-state index in [4.69, 9.17) is 4.42 Å². The van der Waals surface area contributed by atoms with E-state index in [0.717, 1.165) is 49.6 Å². The van der Waals surface area contributed by atoms with Crippen LogP contribution in [0, 0.1) is 13.8 Å². The minimum atomic E-state index is -0.900. The van der Waals surface area contributed by atoms with E-state index in [9.17, 15) is 5.11 Å². The summed E-state index contributed by atoms with van der Waals surface area (Å²) in [4.78, 5) is 2.51. The van der Waals surface area contributed by atoms with Crippen LogP contribution in [-0.4, -0.2) is 35.7 Å². The second-order valence-electron chi connectivity index (χ2n) is 7.52. The van der Waals surface area contributed by atoms with Crippen LogP contribution in [0.4, 0.5) is 0 Å². The van der Waals surface area contributed by atoms with Crippen molar-refractivity contribution >= 4 is 0 Å². The van der Waals surface area contributed by atoms with Crippen LogP contribution in [-0.2, 0) is 12.1 Å². The van der Waals surface area contributed by atoms with E-state index in [0.29, 0.717) is 12.6 Å². The standard InChI is InChI=1S/C21H30N2O2/c1-16-13-20(17(2)25-16)21(3,24)15-22-19-9-11-23(12-10-19)14-18-7-5-4-6-8-18/h4-8,13,19,22,24H,9-12,14-15H2,1-3H3. The first-order valence-corrected chi connectivity index (χ1v) is 9.23. The van der Waals surface area contributed by atoms with E-state index in [1.165, 1.54) is 5.56 Å². The number of aryl methyl sites for hydroxylation is 2. The molecule has 2 aromatic rings. The largest absolute Gasteiger partial charge is 0.466 e. The molecule has 0 aliphatic carbocycles. The lowest BCUT2D eigenvalue weighted by atomic mass is 9.95. The van der Waals surface area contributed by atoms with E-state index in [2.05, 4.69) is 40.5 Å². The van der Waals surface area contributed by atoms with Crippen LogP contribution in [0.1, 0.15) is 42.4 Å². The highest BCUT2D eigenvalue weighted by molar-refractivity contribution is 5.26. The molecule has 1 aromatic heterocycles. The predicted octanol–water partition coefficient (Wildman–Crippen LogP) is 3.36. The number of nitrogens with one attached hydrogen (secondary N) is 1. The fourth-order valence-electron chi connectivity index (χ4n) is 3.74. The number of likely N-dealkylation sites (tertiary alicyclic amines) is 1. The van der Waals surface area contributed by atoms with Crippen molar-refractivity contribution in [3.63, 3.8) is 0 Å². The zero-order valence-corrected chi connectivity index (χ0v) is 15.6. The lowest BCUT2D eigenvalue weighted by molar-refractivity contribution is 0.0485. The Bertz CT molecular complexity index is 670. The van der Waals surface area contributed by atoms with Crippen molar-refractivity contribution < 1.29 is 9.52 Å². The molecule has 1 atom stereocenters. The van der Waals surface area contributed by atoms with E-state index in [1.807, 2.05) is 26.8 Å². The van der Waals surface area contributed by atoms with Crippen LogP contribution >= 0.6 is 0 Å². The summed E-state index contributed by atoms with van der Waals surface area (Å²) in [6.45, 7) is 9.47. The van der Waals surface area contributed by atoms with Crippen molar-refractivity contribution in [2.75, 3.05) is 19.6 Å². The molecule has 1 unspecified atom stereocenters. The molecule has 0 spiro atoms. The summed E-state index contributed by atoms with van der Waals surface area (Å²) < 4.78 is 5.57. The third-order valence-corrected chi connectivity index (χ3v) is 5.19. The van der Waals surface area contributed by atoms with Crippen molar-refractivity contribution in [2.45, 2.75) is 51.8 Å². The molecule has 1 fully saturated rings. The number of hydrogen-bond acceptors (Lipinski definition) is 4. The Balaban J connectivity index is 1.47. The summed E-state index contributed by atoms with van der Waals surface area (Å²) in [7, 11) is 0. The van der Waals surface area contributed by atoms with Crippen LogP contribution in [0.25, 0.3) is 0 Å². The highest BCUT2D eigenvalue weighted by Crippen LogP contribution is 2.27. The van der Waals surface area contributed by atoms with Crippen LogP contribution in [0.2, 0.25) is 0 Å². The SMILES string of the molecule is Cc1cc(C(C)(O)CNC2CCN(Cc3ccccc3)CC2)c(C)o1. The summed E-state index contributed by atoms with van der Waals surface area (Å²) in [6, 6.07) is 13.1. The number of benzene rings is 1. The minimum absolute atomic E-state index is 0.465. The highest BCUT2D eigenvalue weighted by atomic mass is 16.3. The molecule has 0 radical (unpaired) electrons. The maximum atomic E-state index is 10.8. The second kappa shape index (κ2) is 7.73. The molecule has 2 N–H and O–H groups in total. The van der Waals surface area contributed by atoms with Gasteiger partial charge in [0.25, 0.3) is 0 Å². The van der Waals surface area contributed by atoms with Gasteiger partial charge in [-0.15, -0.1) is 0 Å². The summed E-state index contributed by atoms with van der Waals surface area (Å²) in [6.07, 6.45) is 2.23. The average molecular weight is 342 g/mol.